The van der Waals surface area contributed by atoms with Gasteiger partial charge in [0.25, 0.3) is 0 Å². The molecule has 1 aliphatic heterocycles. The predicted molar refractivity (Wildman–Crippen MR) is 111 cm³/mol. The first-order valence-electron chi connectivity index (χ1n) is 8.82. The lowest BCUT2D eigenvalue weighted by molar-refractivity contribution is 0.158. The first-order valence-corrected chi connectivity index (χ1v) is 8.82. The molecule has 1 saturated heterocycles. The molecule has 2 N–H and O–H groups in total. The van der Waals surface area contributed by atoms with Crippen molar-refractivity contribution < 1.29 is 5.11 Å². The van der Waals surface area contributed by atoms with Crippen LogP contribution in [0, 0.1) is 5.92 Å². The van der Waals surface area contributed by atoms with Gasteiger partial charge in [-0.2, -0.15) is 0 Å². The summed E-state index contributed by atoms with van der Waals surface area (Å²) in [5.74, 6) is 1.12. The monoisotopic (exact) mass is 384 g/mol. The maximum atomic E-state index is 10.6. The van der Waals surface area contributed by atoms with Gasteiger partial charge in [-0.05, 0) is 35.6 Å². The predicted octanol–water partition coefficient (Wildman–Crippen LogP) is 4.77. The van der Waals surface area contributed by atoms with Crippen molar-refractivity contribution in [3.8, 4) is 5.75 Å². The van der Waals surface area contributed by atoms with Crippen LogP contribution < -0.4 is 5.32 Å². The molecule has 0 radical (unpaired) electrons. The van der Waals surface area contributed by atoms with Crippen molar-refractivity contribution in [2.24, 2.45) is 5.92 Å². The fraction of sp³-hybridized carbons (Fsp3) is 0.500. The lowest BCUT2D eigenvalue weighted by Gasteiger charge is -2.36. The van der Waals surface area contributed by atoms with Gasteiger partial charge in [-0.25, -0.2) is 0 Å². The Morgan fingerprint density at radius 3 is 2.36 bits per heavy atom. The van der Waals surface area contributed by atoms with E-state index in [1.165, 1.54) is 17.2 Å². The van der Waals surface area contributed by atoms with Gasteiger partial charge in [0, 0.05) is 37.8 Å². The third-order valence-electron chi connectivity index (χ3n) is 4.89. The lowest BCUT2D eigenvalue weighted by Crippen LogP contribution is -2.45. The number of halogens is 2. The number of nitrogens with one attached hydrogen (secondary N) is 1. The van der Waals surface area contributed by atoms with E-state index in [1.807, 2.05) is 12.1 Å². The Morgan fingerprint density at radius 2 is 1.68 bits per heavy atom. The number of hydrogen-bond acceptors (Lipinski definition) is 3. The third-order valence-corrected chi connectivity index (χ3v) is 4.89. The maximum Gasteiger partial charge on any atom is 0.121 e. The summed E-state index contributed by atoms with van der Waals surface area (Å²) >= 11 is 0. The smallest absolute Gasteiger partial charge is 0.121 e. The highest BCUT2D eigenvalue weighted by molar-refractivity contribution is 5.88. The molecule has 0 saturated carbocycles. The van der Waals surface area contributed by atoms with E-state index in [0.29, 0.717) is 17.7 Å². The van der Waals surface area contributed by atoms with Crippen LogP contribution in [-0.4, -0.2) is 36.2 Å². The van der Waals surface area contributed by atoms with Crippen LogP contribution in [0.1, 0.15) is 38.3 Å². The van der Waals surface area contributed by atoms with Crippen molar-refractivity contribution in [2.45, 2.75) is 32.7 Å². The normalized spacial score (nSPS) is 16.3. The molecule has 1 fully saturated rings. The molecule has 0 bridgehead atoms. The fourth-order valence-electron chi connectivity index (χ4n) is 3.63. The van der Waals surface area contributed by atoms with Crippen molar-refractivity contribution in [1.82, 2.24) is 10.2 Å². The molecule has 5 heteroatoms. The lowest BCUT2D eigenvalue weighted by atomic mass is 9.91. The summed E-state index contributed by atoms with van der Waals surface area (Å²) in [6.07, 6.45) is 2.27. The fourth-order valence-corrected chi connectivity index (χ4v) is 3.63. The zero-order valence-electron chi connectivity index (χ0n) is 15.1. The van der Waals surface area contributed by atoms with Crippen LogP contribution in [0.5, 0.6) is 5.75 Å². The van der Waals surface area contributed by atoms with E-state index in [2.05, 4.69) is 48.3 Å². The number of phenolic OH excluding ortho intramolecular Hbond substituents is 1. The van der Waals surface area contributed by atoms with Gasteiger partial charge in [-0.15, -0.1) is 24.8 Å². The summed E-state index contributed by atoms with van der Waals surface area (Å²) in [5.41, 5.74) is 1.12. The minimum atomic E-state index is 0. The van der Waals surface area contributed by atoms with Crippen LogP contribution >= 0.6 is 24.8 Å². The average molecular weight is 385 g/mol. The largest absolute Gasteiger partial charge is 0.508 e. The van der Waals surface area contributed by atoms with Gasteiger partial charge in [-0.3, -0.25) is 4.90 Å². The second-order valence-corrected chi connectivity index (χ2v) is 6.99. The summed E-state index contributed by atoms with van der Waals surface area (Å²) in [6.45, 7) is 8.71. The Morgan fingerprint density at radius 1 is 1.00 bits per heavy atom. The SMILES string of the molecule is CC(C)CC[C@H](c1c(O)ccc2ccccc12)N1CCNCC1.Cl.Cl. The zero-order chi connectivity index (χ0) is 16.2. The van der Waals surface area contributed by atoms with Crippen LogP contribution in [0.25, 0.3) is 10.8 Å². The van der Waals surface area contributed by atoms with E-state index in [4.69, 9.17) is 0 Å². The standard InChI is InChI=1S/C20H28N2O.2ClH/c1-15(2)7-9-18(22-13-11-21-12-14-22)20-17-6-4-3-5-16(17)8-10-19(20)23;;/h3-6,8,10,15,18,21,23H,7,9,11-14H2,1-2H3;2*1H/t18-;;/m1../s1. The number of nitrogens with zero attached hydrogens (tertiary/aromatic N) is 1. The van der Waals surface area contributed by atoms with Gasteiger partial charge in [-0.1, -0.05) is 44.2 Å². The number of benzene rings is 2. The van der Waals surface area contributed by atoms with E-state index in [1.54, 1.807) is 0 Å². The van der Waals surface area contributed by atoms with E-state index in [0.717, 1.165) is 38.2 Å². The molecule has 1 aliphatic rings. The second-order valence-electron chi connectivity index (χ2n) is 6.99. The molecular formula is C20H30Cl2N2O. The Kier molecular flexibility index (Phi) is 9.01. The summed E-state index contributed by atoms with van der Waals surface area (Å²) in [6, 6.07) is 12.6. The first-order chi connectivity index (χ1) is 11.2. The number of piperazine rings is 1. The van der Waals surface area contributed by atoms with Crippen molar-refractivity contribution in [3.63, 3.8) is 0 Å². The molecule has 2 aromatic rings. The van der Waals surface area contributed by atoms with Crippen LogP contribution in [0.3, 0.4) is 0 Å². The number of aromatic hydroxyl groups is 1. The van der Waals surface area contributed by atoms with E-state index < -0.39 is 0 Å². The quantitative estimate of drug-likeness (QED) is 0.778. The van der Waals surface area contributed by atoms with Gasteiger partial charge < -0.3 is 10.4 Å². The number of fused-ring (bicyclic) bond motifs is 1. The Labute approximate surface area is 163 Å². The maximum absolute atomic E-state index is 10.6. The molecular weight excluding hydrogens is 355 g/mol. The average Bonchev–Trinajstić information content (AvgIpc) is 2.57. The molecule has 2 aromatic carbocycles. The van der Waals surface area contributed by atoms with Crippen molar-refractivity contribution in [2.75, 3.05) is 26.2 Å². The topological polar surface area (TPSA) is 35.5 Å². The third kappa shape index (κ3) is 5.24. The molecule has 0 amide bonds. The van der Waals surface area contributed by atoms with Gasteiger partial charge in [0.15, 0.2) is 0 Å². The summed E-state index contributed by atoms with van der Waals surface area (Å²) < 4.78 is 0. The summed E-state index contributed by atoms with van der Waals surface area (Å²) in [5, 5.41) is 16.5. The summed E-state index contributed by atoms with van der Waals surface area (Å²) in [7, 11) is 0. The van der Waals surface area contributed by atoms with Gasteiger partial charge in [0.1, 0.15) is 5.75 Å². The van der Waals surface area contributed by atoms with Crippen LogP contribution in [-0.2, 0) is 0 Å². The molecule has 140 valence electrons. The highest BCUT2D eigenvalue weighted by Gasteiger charge is 2.26. The molecule has 0 spiro atoms. The van der Waals surface area contributed by atoms with Gasteiger partial charge >= 0.3 is 0 Å². The molecule has 1 heterocycles. The van der Waals surface area contributed by atoms with Gasteiger partial charge in [0.2, 0.25) is 0 Å². The first kappa shape index (κ1) is 22.0. The molecule has 3 rings (SSSR count). The molecule has 3 nitrogen and oxygen atoms in total. The minimum absolute atomic E-state index is 0. The number of rotatable bonds is 5. The molecule has 25 heavy (non-hydrogen) atoms. The second kappa shape index (κ2) is 10.2. The van der Waals surface area contributed by atoms with Crippen molar-refractivity contribution >= 4 is 35.6 Å². The van der Waals surface area contributed by atoms with Crippen LogP contribution in [0.2, 0.25) is 0 Å². The Bertz CT molecular complexity index is 657. The minimum Gasteiger partial charge on any atom is -0.508 e. The van der Waals surface area contributed by atoms with Crippen LogP contribution in [0.15, 0.2) is 36.4 Å². The van der Waals surface area contributed by atoms with Crippen LogP contribution in [0.4, 0.5) is 0 Å². The van der Waals surface area contributed by atoms with Crippen molar-refractivity contribution in [3.05, 3.63) is 42.0 Å². The Balaban J connectivity index is 0.00000156. The zero-order valence-corrected chi connectivity index (χ0v) is 16.7. The van der Waals surface area contributed by atoms with Crippen molar-refractivity contribution in [1.29, 1.82) is 0 Å². The van der Waals surface area contributed by atoms with E-state index in [-0.39, 0.29) is 24.8 Å². The summed E-state index contributed by atoms with van der Waals surface area (Å²) in [4.78, 5) is 2.54. The highest BCUT2D eigenvalue weighted by Crippen LogP contribution is 2.38. The number of hydrogen-bond donors (Lipinski definition) is 2. The van der Waals surface area contributed by atoms with E-state index >= 15 is 0 Å². The van der Waals surface area contributed by atoms with E-state index in [9.17, 15) is 5.11 Å². The molecule has 1 atom stereocenters. The Hall–Kier alpha value is -1.00. The number of phenols is 1. The molecule has 0 unspecified atom stereocenters. The molecule has 0 aromatic heterocycles. The van der Waals surface area contributed by atoms with Gasteiger partial charge in [0.05, 0.1) is 0 Å². The highest BCUT2D eigenvalue weighted by atomic mass is 35.5. The molecule has 0 aliphatic carbocycles.